The predicted molar refractivity (Wildman–Crippen MR) is 239 cm³/mol. The van der Waals surface area contributed by atoms with E-state index in [1.54, 1.807) is 30.3 Å². The van der Waals surface area contributed by atoms with Gasteiger partial charge in [-0.15, -0.1) is 6.42 Å². The highest BCUT2D eigenvalue weighted by Crippen LogP contribution is 2.64. The van der Waals surface area contributed by atoms with Crippen molar-refractivity contribution < 1.29 is 42.9 Å². The first-order valence-electron chi connectivity index (χ1n) is 23.1. The van der Waals surface area contributed by atoms with Crippen molar-refractivity contribution in [1.82, 2.24) is 19.4 Å². The van der Waals surface area contributed by atoms with E-state index in [1.807, 2.05) is 29.2 Å². The van der Waals surface area contributed by atoms with Crippen LogP contribution in [0.15, 0.2) is 71.7 Å². The monoisotopic (exact) mass is 891 g/mol. The third-order valence-corrected chi connectivity index (χ3v) is 14.4. The van der Waals surface area contributed by atoms with Gasteiger partial charge in [-0.2, -0.15) is 4.98 Å². The lowest BCUT2D eigenvalue weighted by molar-refractivity contribution is -0.168. The molecule has 4 saturated carbocycles. The van der Waals surface area contributed by atoms with Gasteiger partial charge in [-0.3, -0.25) is 19.1 Å². The molecule has 15 nitrogen and oxygen atoms in total. The molecule has 3 heterocycles. The van der Waals surface area contributed by atoms with Crippen molar-refractivity contribution in [2.24, 2.45) is 23.2 Å². The van der Waals surface area contributed by atoms with Crippen LogP contribution in [0.1, 0.15) is 113 Å². The van der Waals surface area contributed by atoms with E-state index in [4.69, 9.17) is 30.1 Å². The molecule has 2 aromatic carbocycles. The third-order valence-electron chi connectivity index (χ3n) is 14.4. The maximum absolute atomic E-state index is 14.2. The smallest absolute Gasteiger partial charge is 0.459 e. The Bertz CT molecular complexity index is 2260. The van der Waals surface area contributed by atoms with Crippen molar-refractivity contribution in [3.05, 3.63) is 94.0 Å². The fourth-order valence-corrected chi connectivity index (χ4v) is 11.4. The lowest BCUT2D eigenvalue weighted by Crippen LogP contribution is -2.59. The van der Waals surface area contributed by atoms with Crippen LogP contribution >= 0.6 is 0 Å². The van der Waals surface area contributed by atoms with Gasteiger partial charge in [0.05, 0.1) is 0 Å². The lowest BCUT2D eigenvalue weighted by Gasteiger charge is -2.61. The largest absolute Gasteiger partial charge is 0.508 e. The zero-order valence-electron chi connectivity index (χ0n) is 37.7. The molecule has 4 aliphatic carbocycles. The van der Waals surface area contributed by atoms with E-state index in [2.05, 4.69) is 35.0 Å². The minimum atomic E-state index is -0.941. The number of hydrogen-bond donors (Lipinski definition) is 1. The summed E-state index contributed by atoms with van der Waals surface area (Å²) in [5.74, 6) is 3.96. The molecule has 1 N–H and O–H groups in total. The van der Waals surface area contributed by atoms with Gasteiger partial charge in [0.1, 0.15) is 43.1 Å². The summed E-state index contributed by atoms with van der Waals surface area (Å²) in [4.78, 5) is 73.0. The normalized spacial score (nSPS) is 26.9. The van der Waals surface area contributed by atoms with Crippen LogP contribution in [0.25, 0.3) is 0 Å². The number of carbonyl (C=O) groups excluding carboxylic acids is 4. The molecule has 2 saturated heterocycles. The van der Waals surface area contributed by atoms with Crippen molar-refractivity contribution >= 4 is 29.9 Å². The average molecular weight is 892 g/mol. The molecule has 346 valence electrons. The first-order valence-corrected chi connectivity index (χ1v) is 23.1. The van der Waals surface area contributed by atoms with Gasteiger partial charge in [-0.25, -0.2) is 14.4 Å². The molecule has 0 spiro atoms. The second kappa shape index (κ2) is 19.8. The number of rotatable bonds is 15. The van der Waals surface area contributed by atoms with E-state index in [9.17, 15) is 24.0 Å². The first-order chi connectivity index (χ1) is 31.3. The summed E-state index contributed by atoms with van der Waals surface area (Å²) in [5, 5.41) is 2.61. The quantitative estimate of drug-likeness (QED) is 0.0918. The Kier molecular flexibility index (Phi) is 14.0. The Hall–Kier alpha value is -5.72. The number of aromatic nitrogens is 2. The summed E-state index contributed by atoms with van der Waals surface area (Å²) in [6.45, 7) is 7.25. The molecule has 2 unspecified atom stereocenters. The van der Waals surface area contributed by atoms with Crippen LogP contribution in [-0.4, -0.2) is 100 Å². The summed E-state index contributed by atoms with van der Waals surface area (Å²) < 4.78 is 30.4. The second-order valence-electron chi connectivity index (χ2n) is 19.2. The van der Waals surface area contributed by atoms with Gasteiger partial charge in [0, 0.05) is 68.3 Å². The maximum Gasteiger partial charge on any atom is 0.508 e. The van der Waals surface area contributed by atoms with Gasteiger partial charge in [0.2, 0.25) is 0 Å². The van der Waals surface area contributed by atoms with Crippen molar-refractivity contribution in [3.63, 3.8) is 0 Å². The molecule has 6 fully saturated rings. The number of carbonyl (C=O) groups is 4. The zero-order chi connectivity index (χ0) is 45.7. The standard InChI is InChI=1S/C50H61N5O10/c1-5-34-14-16-35(17-15-34)30-53(31-40-13-9-10-19-54(40)47(59)65-49(3,4)50-27-36-23-37(28-50)25-38(24-36)29-50)21-22-61-48(60)62-32-42-41(63-33(2)56)26-44(64-42)55-20-18-43(52-46(55)58)51-45(57)39-11-7-6-8-12-39/h1,6-8,11-12,14-18,20,36-38,40-42,44H,9-10,13,19,21-32H2,2-4H3,(H,51,52,57,58)/t36?,37?,38?,40?,41-,42?,44-,50?/m1/s1. The van der Waals surface area contributed by atoms with Gasteiger partial charge < -0.3 is 33.9 Å². The number of benzene rings is 2. The van der Waals surface area contributed by atoms with E-state index in [0.29, 0.717) is 31.7 Å². The summed E-state index contributed by atoms with van der Waals surface area (Å²) in [5.41, 5.74) is 0.962. The number of anilines is 1. The lowest BCUT2D eigenvalue weighted by atomic mass is 9.46. The number of hydrogen-bond acceptors (Lipinski definition) is 12. The Morgan fingerprint density at radius 3 is 2.32 bits per heavy atom. The summed E-state index contributed by atoms with van der Waals surface area (Å²) in [6.07, 6.45) is 13.4. The Morgan fingerprint density at radius 2 is 1.66 bits per heavy atom. The highest BCUT2D eigenvalue weighted by atomic mass is 16.7. The molecule has 3 aromatic rings. The predicted octanol–water partition coefficient (Wildman–Crippen LogP) is 7.34. The fraction of sp³-hybridized carbons (Fsp3) is 0.560. The van der Waals surface area contributed by atoms with E-state index in [0.717, 1.165) is 67.4 Å². The first kappa shape index (κ1) is 45.8. The van der Waals surface area contributed by atoms with Crippen LogP contribution in [0, 0.1) is 35.5 Å². The molecule has 4 bridgehead atoms. The van der Waals surface area contributed by atoms with Crippen LogP contribution in [0.3, 0.4) is 0 Å². The highest BCUT2D eigenvalue weighted by molar-refractivity contribution is 6.03. The van der Waals surface area contributed by atoms with E-state index in [1.165, 1.54) is 43.0 Å². The molecule has 9 rings (SSSR count). The van der Waals surface area contributed by atoms with E-state index in [-0.39, 0.29) is 43.0 Å². The number of ether oxygens (including phenoxy) is 5. The topological polar surface area (TPSA) is 168 Å². The second-order valence-corrected chi connectivity index (χ2v) is 19.2. The highest BCUT2D eigenvalue weighted by Gasteiger charge is 2.59. The summed E-state index contributed by atoms with van der Waals surface area (Å²) in [6, 6.07) is 17.6. The minimum Gasteiger partial charge on any atom is -0.459 e. The Morgan fingerprint density at radius 1 is 0.954 bits per heavy atom. The number of likely N-dealkylation sites (tertiary alicyclic amines) is 1. The molecular weight excluding hydrogens is 831 g/mol. The van der Waals surface area contributed by atoms with Crippen LogP contribution in [0.4, 0.5) is 15.4 Å². The van der Waals surface area contributed by atoms with Crippen molar-refractivity contribution in [2.75, 3.05) is 38.2 Å². The van der Waals surface area contributed by atoms with Crippen molar-refractivity contribution in [3.8, 4) is 12.3 Å². The molecule has 2 amide bonds. The van der Waals surface area contributed by atoms with Crippen LogP contribution in [-0.2, 0) is 35.0 Å². The molecule has 4 atom stereocenters. The maximum atomic E-state index is 14.2. The Balaban J connectivity index is 0.870. The van der Waals surface area contributed by atoms with Gasteiger partial charge in [-0.05, 0) is 125 Å². The van der Waals surface area contributed by atoms with Gasteiger partial charge in [0.15, 0.2) is 0 Å². The van der Waals surface area contributed by atoms with Gasteiger partial charge >= 0.3 is 23.9 Å². The number of nitrogens with zero attached hydrogens (tertiary/aromatic N) is 4. The molecule has 65 heavy (non-hydrogen) atoms. The van der Waals surface area contributed by atoms with Crippen molar-refractivity contribution in [1.29, 1.82) is 0 Å². The summed E-state index contributed by atoms with van der Waals surface area (Å²) in [7, 11) is 0. The minimum absolute atomic E-state index is 0.00671. The molecule has 2 aliphatic heterocycles. The van der Waals surface area contributed by atoms with Crippen LogP contribution in [0.2, 0.25) is 0 Å². The molecular formula is C50H61N5O10. The van der Waals surface area contributed by atoms with E-state index < -0.39 is 47.8 Å². The number of esters is 1. The Labute approximate surface area is 380 Å². The average Bonchev–Trinajstić information content (AvgIpc) is 3.66. The van der Waals surface area contributed by atoms with Crippen molar-refractivity contribution in [2.45, 2.75) is 122 Å². The van der Waals surface area contributed by atoms with Crippen LogP contribution in [0.5, 0.6) is 0 Å². The van der Waals surface area contributed by atoms with E-state index >= 15 is 0 Å². The number of nitrogens with one attached hydrogen (secondary N) is 1. The fourth-order valence-electron chi connectivity index (χ4n) is 11.4. The molecule has 0 radical (unpaired) electrons. The summed E-state index contributed by atoms with van der Waals surface area (Å²) >= 11 is 0. The van der Waals surface area contributed by atoms with Gasteiger partial charge in [0.25, 0.3) is 5.91 Å². The van der Waals surface area contributed by atoms with Crippen LogP contribution < -0.4 is 11.0 Å². The molecule has 1 aromatic heterocycles. The van der Waals surface area contributed by atoms with Gasteiger partial charge in [-0.1, -0.05) is 36.3 Å². The SMILES string of the molecule is C#Cc1ccc(CN(CCOC(=O)OCC2O[C@@H](n3ccc(NC(=O)c4ccccc4)nc3=O)C[C@H]2OC(C)=O)CC2CCCCN2C(=O)OC(C)(C)C23CC4CC(CC(C4)C2)C3)cc1. The number of terminal acetylenes is 1. The molecule has 6 aliphatic rings. The number of piperidine rings is 1. The number of amides is 2. The zero-order valence-corrected chi connectivity index (χ0v) is 37.7. The molecule has 15 heteroatoms. The third kappa shape index (κ3) is 10.9.